The molecule has 1 fully saturated rings. The SMILES string of the molecule is CC(=O)C(=Cc1cccc(Cl)c1Cl)P1(=O)OCCCO1. The maximum absolute atomic E-state index is 12.6. The number of carbonyl (C=O) groups is 1. The molecule has 0 spiro atoms. The van der Waals surface area contributed by atoms with Gasteiger partial charge in [0.15, 0.2) is 5.78 Å². The molecule has 0 bridgehead atoms. The van der Waals surface area contributed by atoms with E-state index in [1.54, 1.807) is 18.2 Å². The lowest BCUT2D eigenvalue weighted by atomic mass is 10.2. The van der Waals surface area contributed by atoms with E-state index in [-0.39, 0.29) is 16.1 Å². The average molecular weight is 335 g/mol. The molecule has 1 aliphatic rings. The van der Waals surface area contributed by atoms with E-state index >= 15 is 0 Å². The molecule has 0 unspecified atom stereocenters. The Morgan fingerprint density at radius 2 is 1.95 bits per heavy atom. The second kappa shape index (κ2) is 6.42. The van der Waals surface area contributed by atoms with Gasteiger partial charge in [-0.1, -0.05) is 35.3 Å². The van der Waals surface area contributed by atoms with Crippen molar-refractivity contribution in [2.24, 2.45) is 0 Å². The minimum atomic E-state index is -3.57. The third-order valence-electron chi connectivity index (χ3n) is 2.74. The number of benzene rings is 1. The predicted molar refractivity (Wildman–Crippen MR) is 79.2 cm³/mol. The molecular weight excluding hydrogens is 322 g/mol. The van der Waals surface area contributed by atoms with Gasteiger partial charge in [0.05, 0.1) is 23.3 Å². The number of allylic oxidation sites excluding steroid dienone is 1. The van der Waals surface area contributed by atoms with E-state index in [0.717, 1.165) is 0 Å². The van der Waals surface area contributed by atoms with Crippen molar-refractivity contribution in [1.82, 2.24) is 0 Å². The van der Waals surface area contributed by atoms with Gasteiger partial charge in [-0.25, -0.2) is 0 Å². The van der Waals surface area contributed by atoms with Gasteiger partial charge in [0.1, 0.15) is 5.31 Å². The summed E-state index contributed by atoms with van der Waals surface area (Å²) in [6.07, 6.45) is 2.07. The van der Waals surface area contributed by atoms with Crippen molar-refractivity contribution in [3.63, 3.8) is 0 Å². The Bertz CT molecular complexity index is 602. The third kappa shape index (κ3) is 3.33. The largest absolute Gasteiger partial charge is 0.364 e. The summed E-state index contributed by atoms with van der Waals surface area (Å²) in [7, 11) is -3.57. The van der Waals surface area contributed by atoms with E-state index in [1.807, 2.05) is 0 Å². The number of hydrogen-bond donors (Lipinski definition) is 0. The summed E-state index contributed by atoms with van der Waals surface area (Å²) in [5.74, 6) is -0.383. The van der Waals surface area contributed by atoms with Crippen LogP contribution in [0.4, 0.5) is 0 Å². The quantitative estimate of drug-likeness (QED) is 0.600. The van der Waals surface area contributed by atoms with Crippen LogP contribution in [-0.2, 0) is 18.4 Å². The van der Waals surface area contributed by atoms with Crippen molar-refractivity contribution < 1.29 is 18.4 Å². The number of carbonyl (C=O) groups excluding carboxylic acids is 1. The van der Waals surface area contributed by atoms with Crippen LogP contribution < -0.4 is 0 Å². The summed E-state index contributed by atoms with van der Waals surface area (Å²) >= 11 is 12.0. The molecule has 1 heterocycles. The fraction of sp³-hybridized carbons (Fsp3) is 0.308. The average Bonchev–Trinajstić information content (AvgIpc) is 2.40. The minimum absolute atomic E-state index is 0.0126. The Balaban J connectivity index is 2.48. The Morgan fingerprint density at radius 3 is 2.55 bits per heavy atom. The number of Topliss-reactive ketones (excluding diaryl/α,β-unsaturated/α-hetero) is 1. The van der Waals surface area contributed by atoms with Crippen molar-refractivity contribution in [3.05, 3.63) is 39.1 Å². The van der Waals surface area contributed by atoms with Gasteiger partial charge in [0, 0.05) is 0 Å². The van der Waals surface area contributed by atoms with Crippen LogP contribution in [-0.4, -0.2) is 19.0 Å². The molecule has 0 aliphatic carbocycles. The molecule has 108 valence electrons. The van der Waals surface area contributed by atoms with E-state index in [2.05, 4.69) is 0 Å². The van der Waals surface area contributed by atoms with E-state index in [4.69, 9.17) is 32.2 Å². The first-order chi connectivity index (χ1) is 9.44. The lowest BCUT2D eigenvalue weighted by molar-refractivity contribution is -0.113. The van der Waals surface area contributed by atoms with Crippen LogP contribution >= 0.6 is 30.8 Å². The van der Waals surface area contributed by atoms with Gasteiger partial charge in [-0.05, 0) is 31.1 Å². The first kappa shape index (κ1) is 15.7. The van der Waals surface area contributed by atoms with Crippen LogP contribution in [0.3, 0.4) is 0 Å². The lowest BCUT2D eigenvalue weighted by Crippen LogP contribution is -2.12. The highest BCUT2D eigenvalue weighted by Crippen LogP contribution is 2.58. The fourth-order valence-corrected chi connectivity index (χ4v) is 3.89. The van der Waals surface area contributed by atoms with E-state index in [1.165, 1.54) is 13.0 Å². The summed E-state index contributed by atoms with van der Waals surface area (Å²) in [6, 6.07) is 4.99. The van der Waals surface area contributed by atoms with Gasteiger partial charge < -0.3 is 9.05 Å². The molecule has 0 saturated carbocycles. The van der Waals surface area contributed by atoms with Gasteiger partial charge in [0.2, 0.25) is 0 Å². The van der Waals surface area contributed by atoms with Crippen LogP contribution in [0.15, 0.2) is 23.5 Å². The van der Waals surface area contributed by atoms with E-state index in [9.17, 15) is 9.36 Å². The van der Waals surface area contributed by atoms with Gasteiger partial charge in [-0.2, -0.15) is 0 Å². The highest BCUT2D eigenvalue weighted by Gasteiger charge is 2.35. The number of halogens is 2. The molecule has 0 atom stereocenters. The third-order valence-corrected chi connectivity index (χ3v) is 5.65. The Morgan fingerprint density at radius 1 is 1.30 bits per heavy atom. The maximum Gasteiger partial charge on any atom is 0.364 e. The molecule has 1 aromatic carbocycles. The number of rotatable bonds is 3. The zero-order chi connectivity index (χ0) is 14.8. The standard InChI is InChI=1S/C13H13Cl2O4P/c1-9(16)12(20(17)18-6-3-7-19-20)8-10-4-2-5-11(14)13(10)15/h2,4-5,8H,3,6-7H2,1H3. The number of ketones is 1. The summed E-state index contributed by atoms with van der Waals surface area (Å²) in [4.78, 5) is 11.8. The van der Waals surface area contributed by atoms with Crippen LogP contribution in [0.25, 0.3) is 6.08 Å². The van der Waals surface area contributed by atoms with E-state index in [0.29, 0.717) is 30.2 Å². The van der Waals surface area contributed by atoms with Crippen LogP contribution in [0, 0.1) is 0 Å². The first-order valence-corrected chi connectivity index (χ1v) is 8.30. The van der Waals surface area contributed by atoms with Gasteiger partial charge >= 0.3 is 7.60 Å². The molecule has 1 aliphatic heterocycles. The summed E-state index contributed by atoms with van der Waals surface area (Å²) in [6.45, 7) is 1.90. The second-order valence-electron chi connectivity index (χ2n) is 4.25. The zero-order valence-electron chi connectivity index (χ0n) is 10.8. The Hall–Kier alpha value is -0.640. The smallest absolute Gasteiger partial charge is 0.305 e. The fourth-order valence-electron chi connectivity index (χ4n) is 1.76. The summed E-state index contributed by atoms with van der Waals surface area (Å²) in [5.41, 5.74) is 0.498. The Kier molecular flexibility index (Phi) is 5.05. The monoisotopic (exact) mass is 334 g/mol. The normalized spacial score (nSPS) is 18.9. The molecule has 2 rings (SSSR count). The van der Waals surface area contributed by atoms with Gasteiger partial charge in [0.25, 0.3) is 0 Å². The molecule has 0 amide bonds. The topological polar surface area (TPSA) is 52.6 Å². The maximum atomic E-state index is 12.6. The molecule has 7 heteroatoms. The molecule has 0 N–H and O–H groups in total. The lowest BCUT2D eigenvalue weighted by Gasteiger charge is -2.24. The molecule has 0 aromatic heterocycles. The van der Waals surface area contributed by atoms with Crippen LogP contribution in [0.1, 0.15) is 18.9 Å². The van der Waals surface area contributed by atoms with Gasteiger partial charge in [-0.15, -0.1) is 0 Å². The van der Waals surface area contributed by atoms with Crippen molar-refractivity contribution in [2.45, 2.75) is 13.3 Å². The second-order valence-corrected chi connectivity index (χ2v) is 7.02. The highest BCUT2D eigenvalue weighted by atomic mass is 35.5. The van der Waals surface area contributed by atoms with E-state index < -0.39 is 7.60 Å². The van der Waals surface area contributed by atoms with Crippen LogP contribution in [0.5, 0.6) is 0 Å². The molecule has 0 radical (unpaired) electrons. The first-order valence-electron chi connectivity index (χ1n) is 6.00. The minimum Gasteiger partial charge on any atom is -0.305 e. The number of hydrogen-bond acceptors (Lipinski definition) is 4. The van der Waals surface area contributed by atoms with Crippen molar-refractivity contribution in [2.75, 3.05) is 13.2 Å². The molecule has 1 aromatic rings. The van der Waals surface area contributed by atoms with Gasteiger partial charge in [-0.3, -0.25) is 9.36 Å². The molecular formula is C13H13Cl2O4P. The van der Waals surface area contributed by atoms with Crippen LogP contribution in [0.2, 0.25) is 10.0 Å². The predicted octanol–water partition coefficient (Wildman–Crippen LogP) is 4.55. The zero-order valence-corrected chi connectivity index (χ0v) is 13.2. The van der Waals surface area contributed by atoms with Crippen molar-refractivity contribution in [3.8, 4) is 0 Å². The molecule has 1 saturated heterocycles. The Labute approximate surface area is 127 Å². The molecule has 20 heavy (non-hydrogen) atoms. The summed E-state index contributed by atoms with van der Waals surface area (Å²) in [5, 5.41) is 0.630. The molecule has 4 nitrogen and oxygen atoms in total. The summed E-state index contributed by atoms with van der Waals surface area (Å²) < 4.78 is 23.0. The van der Waals surface area contributed by atoms with Crippen molar-refractivity contribution >= 4 is 42.7 Å². The highest BCUT2D eigenvalue weighted by molar-refractivity contribution is 7.60. The van der Waals surface area contributed by atoms with Crippen molar-refractivity contribution in [1.29, 1.82) is 0 Å².